The Hall–Kier alpha value is -0.0831. The molecule has 0 saturated heterocycles. The minimum Gasteiger partial charge on any atom is -0.414 e. The van der Waals surface area contributed by atoms with Crippen LogP contribution in [0.25, 0.3) is 0 Å². The van der Waals surface area contributed by atoms with Gasteiger partial charge in [-0.1, -0.05) is 46.3 Å². The SMILES string of the molecule is CC[C@@H](CC(C)CCC=C(C)C)O[Si](C)(C)C(C)(C)C. The molecule has 0 rings (SSSR count). The molecule has 20 heavy (non-hydrogen) atoms. The van der Waals surface area contributed by atoms with Gasteiger partial charge in [-0.25, -0.2) is 0 Å². The molecule has 0 aromatic carbocycles. The lowest BCUT2D eigenvalue weighted by Crippen LogP contribution is -2.44. The van der Waals surface area contributed by atoms with Crippen molar-refractivity contribution in [1.82, 2.24) is 0 Å². The maximum absolute atomic E-state index is 6.57. The minimum absolute atomic E-state index is 0.311. The molecule has 0 aromatic heterocycles. The molecule has 0 fully saturated rings. The fraction of sp³-hybridized carbons (Fsp3) is 0.889. The Bertz CT molecular complexity index is 295. The van der Waals surface area contributed by atoms with Crippen molar-refractivity contribution in [2.24, 2.45) is 5.92 Å². The van der Waals surface area contributed by atoms with Gasteiger partial charge in [-0.2, -0.15) is 0 Å². The van der Waals surface area contributed by atoms with Crippen molar-refractivity contribution in [3.05, 3.63) is 11.6 Å². The van der Waals surface area contributed by atoms with E-state index in [-0.39, 0.29) is 0 Å². The highest BCUT2D eigenvalue weighted by atomic mass is 28.4. The Balaban J connectivity index is 4.38. The zero-order valence-electron chi connectivity index (χ0n) is 15.5. The van der Waals surface area contributed by atoms with Crippen LogP contribution in [0.15, 0.2) is 11.6 Å². The van der Waals surface area contributed by atoms with E-state index in [0.29, 0.717) is 11.1 Å². The standard InChI is InChI=1S/C18H38OSi/c1-10-17(19-20(8,9)18(5,6)7)14-16(4)13-11-12-15(2)3/h12,16-17H,10-11,13-14H2,1-9H3/t16?,17-/m0/s1. The van der Waals surface area contributed by atoms with Crippen molar-refractivity contribution in [2.45, 2.75) is 98.4 Å². The second kappa shape index (κ2) is 8.38. The second-order valence-electron chi connectivity index (χ2n) is 8.11. The quantitative estimate of drug-likeness (QED) is 0.364. The third-order valence-electron chi connectivity index (χ3n) is 4.60. The summed E-state index contributed by atoms with van der Waals surface area (Å²) in [7, 11) is -1.62. The van der Waals surface area contributed by atoms with Crippen LogP contribution in [0.4, 0.5) is 0 Å². The van der Waals surface area contributed by atoms with Crippen molar-refractivity contribution < 1.29 is 4.43 Å². The molecule has 0 heterocycles. The van der Waals surface area contributed by atoms with Crippen LogP contribution in [0.3, 0.4) is 0 Å². The molecule has 0 bridgehead atoms. The molecule has 0 aliphatic carbocycles. The third kappa shape index (κ3) is 7.63. The van der Waals surface area contributed by atoms with Gasteiger partial charge in [0.25, 0.3) is 0 Å². The molecule has 120 valence electrons. The summed E-state index contributed by atoms with van der Waals surface area (Å²) in [5, 5.41) is 0.311. The van der Waals surface area contributed by atoms with Crippen LogP contribution in [0, 0.1) is 5.92 Å². The van der Waals surface area contributed by atoms with Gasteiger partial charge in [0.15, 0.2) is 8.32 Å². The molecule has 0 aliphatic heterocycles. The molecule has 0 saturated carbocycles. The Morgan fingerprint density at radius 1 is 1.20 bits per heavy atom. The molecule has 0 N–H and O–H groups in total. The van der Waals surface area contributed by atoms with Crippen molar-refractivity contribution in [3.8, 4) is 0 Å². The van der Waals surface area contributed by atoms with E-state index in [0.717, 1.165) is 12.3 Å². The average molecular weight is 299 g/mol. The highest BCUT2D eigenvalue weighted by Gasteiger charge is 2.38. The minimum atomic E-state index is -1.62. The highest BCUT2D eigenvalue weighted by Crippen LogP contribution is 2.38. The summed E-state index contributed by atoms with van der Waals surface area (Å²) in [4.78, 5) is 0. The Labute approximate surface area is 129 Å². The highest BCUT2D eigenvalue weighted by molar-refractivity contribution is 6.74. The molecule has 1 nitrogen and oxygen atoms in total. The van der Waals surface area contributed by atoms with Crippen molar-refractivity contribution >= 4 is 8.32 Å². The van der Waals surface area contributed by atoms with Crippen LogP contribution in [-0.2, 0) is 4.43 Å². The van der Waals surface area contributed by atoms with E-state index in [4.69, 9.17) is 4.43 Å². The van der Waals surface area contributed by atoms with E-state index in [1.54, 1.807) is 0 Å². The van der Waals surface area contributed by atoms with Crippen LogP contribution < -0.4 is 0 Å². The largest absolute Gasteiger partial charge is 0.414 e. The smallest absolute Gasteiger partial charge is 0.192 e. The van der Waals surface area contributed by atoms with E-state index < -0.39 is 8.32 Å². The summed E-state index contributed by atoms with van der Waals surface area (Å²) in [6.45, 7) is 20.7. The topological polar surface area (TPSA) is 9.23 Å². The predicted molar refractivity (Wildman–Crippen MR) is 94.8 cm³/mol. The summed E-state index contributed by atoms with van der Waals surface area (Å²) in [6.07, 6.45) is 7.63. The predicted octanol–water partition coefficient (Wildman–Crippen LogP) is 6.56. The number of allylic oxidation sites excluding steroid dienone is 2. The first kappa shape index (κ1) is 19.9. The number of hydrogen-bond acceptors (Lipinski definition) is 1. The van der Waals surface area contributed by atoms with Gasteiger partial charge >= 0.3 is 0 Å². The van der Waals surface area contributed by atoms with E-state index in [1.807, 2.05) is 0 Å². The monoisotopic (exact) mass is 298 g/mol. The Morgan fingerprint density at radius 3 is 2.15 bits per heavy atom. The summed E-state index contributed by atoms with van der Waals surface area (Å²) < 4.78 is 6.57. The maximum atomic E-state index is 6.57. The van der Waals surface area contributed by atoms with Crippen LogP contribution >= 0.6 is 0 Å². The summed E-state index contributed by atoms with van der Waals surface area (Å²) in [6, 6.07) is 0. The van der Waals surface area contributed by atoms with E-state index in [9.17, 15) is 0 Å². The molecule has 0 aliphatic rings. The first-order chi connectivity index (χ1) is 8.99. The number of hydrogen-bond donors (Lipinski definition) is 0. The van der Waals surface area contributed by atoms with Crippen molar-refractivity contribution in [2.75, 3.05) is 0 Å². The van der Waals surface area contributed by atoms with Crippen LogP contribution in [0.2, 0.25) is 18.1 Å². The lowest BCUT2D eigenvalue weighted by atomic mass is 9.97. The first-order valence-electron chi connectivity index (χ1n) is 8.30. The Kier molecular flexibility index (Phi) is 8.35. The molecule has 2 heteroatoms. The Morgan fingerprint density at radius 2 is 1.75 bits per heavy atom. The van der Waals surface area contributed by atoms with Crippen LogP contribution in [0.1, 0.15) is 74.1 Å². The average Bonchev–Trinajstić information content (AvgIpc) is 2.25. The fourth-order valence-corrected chi connectivity index (χ4v) is 3.56. The van der Waals surface area contributed by atoms with Crippen molar-refractivity contribution in [3.63, 3.8) is 0 Å². The van der Waals surface area contributed by atoms with Gasteiger partial charge < -0.3 is 4.43 Å². The van der Waals surface area contributed by atoms with Gasteiger partial charge in [0.2, 0.25) is 0 Å². The van der Waals surface area contributed by atoms with Crippen LogP contribution in [-0.4, -0.2) is 14.4 Å². The zero-order valence-corrected chi connectivity index (χ0v) is 16.5. The molecule has 2 atom stereocenters. The van der Waals surface area contributed by atoms with Gasteiger partial charge in [-0.05, 0) is 63.6 Å². The summed E-state index contributed by atoms with van der Waals surface area (Å²) >= 11 is 0. The van der Waals surface area contributed by atoms with Crippen molar-refractivity contribution in [1.29, 1.82) is 0 Å². The zero-order chi connectivity index (χ0) is 16.0. The lowest BCUT2D eigenvalue weighted by molar-refractivity contribution is 0.147. The van der Waals surface area contributed by atoms with Gasteiger partial charge in [0.05, 0.1) is 0 Å². The lowest BCUT2D eigenvalue weighted by Gasteiger charge is -2.39. The van der Waals surface area contributed by atoms with E-state index in [2.05, 4.69) is 67.6 Å². The van der Waals surface area contributed by atoms with Gasteiger partial charge in [0, 0.05) is 6.10 Å². The molecule has 0 spiro atoms. The van der Waals surface area contributed by atoms with E-state index >= 15 is 0 Å². The molecular formula is C18H38OSi. The van der Waals surface area contributed by atoms with Gasteiger partial charge in [0.1, 0.15) is 0 Å². The normalized spacial score (nSPS) is 15.8. The van der Waals surface area contributed by atoms with Gasteiger partial charge in [-0.15, -0.1) is 0 Å². The first-order valence-corrected chi connectivity index (χ1v) is 11.2. The number of rotatable bonds is 8. The van der Waals surface area contributed by atoms with E-state index in [1.165, 1.54) is 24.8 Å². The third-order valence-corrected chi connectivity index (χ3v) is 9.14. The molecular weight excluding hydrogens is 260 g/mol. The molecule has 1 unspecified atom stereocenters. The summed E-state index contributed by atoms with van der Waals surface area (Å²) in [5.41, 5.74) is 1.43. The molecule has 0 amide bonds. The summed E-state index contributed by atoms with van der Waals surface area (Å²) in [5.74, 6) is 0.750. The van der Waals surface area contributed by atoms with Gasteiger partial charge in [-0.3, -0.25) is 0 Å². The molecule has 0 radical (unpaired) electrons. The fourth-order valence-electron chi connectivity index (χ4n) is 2.11. The van der Waals surface area contributed by atoms with Crippen LogP contribution in [0.5, 0.6) is 0 Å². The maximum Gasteiger partial charge on any atom is 0.192 e. The molecule has 0 aromatic rings. The second-order valence-corrected chi connectivity index (χ2v) is 12.9.